The number of rotatable bonds is 4. The van der Waals surface area contributed by atoms with Crippen LogP contribution in [0.25, 0.3) is 0 Å². The molecule has 0 aliphatic carbocycles. The summed E-state index contributed by atoms with van der Waals surface area (Å²) < 4.78 is 5.10. The molecule has 0 radical (unpaired) electrons. The lowest BCUT2D eigenvalue weighted by atomic mass is 10.0. The van der Waals surface area contributed by atoms with Crippen molar-refractivity contribution in [2.24, 2.45) is 0 Å². The van der Waals surface area contributed by atoms with Crippen molar-refractivity contribution in [2.75, 3.05) is 26.7 Å². The van der Waals surface area contributed by atoms with Crippen molar-refractivity contribution < 1.29 is 14.6 Å². The molecule has 1 aromatic carbocycles. The van der Waals surface area contributed by atoms with Crippen molar-refractivity contribution in [1.82, 2.24) is 10.2 Å². The van der Waals surface area contributed by atoms with Crippen molar-refractivity contribution in [2.45, 2.75) is 25.8 Å². The highest BCUT2D eigenvalue weighted by molar-refractivity contribution is 5.97. The first-order chi connectivity index (χ1) is 9.65. The second kappa shape index (κ2) is 6.61. The van der Waals surface area contributed by atoms with Gasteiger partial charge < -0.3 is 20.1 Å². The van der Waals surface area contributed by atoms with Crippen molar-refractivity contribution in [3.63, 3.8) is 0 Å². The maximum atomic E-state index is 12.4. The number of aromatic hydroxyl groups is 1. The molecule has 1 fully saturated rings. The Morgan fingerprint density at radius 3 is 2.75 bits per heavy atom. The van der Waals surface area contributed by atoms with Crippen LogP contribution in [0, 0.1) is 0 Å². The fraction of sp³-hybridized carbons (Fsp3) is 0.533. The summed E-state index contributed by atoms with van der Waals surface area (Å²) in [4.78, 5) is 14.2. The van der Waals surface area contributed by atoms with E-state index in [1.807, 2.05) is 0 Å². The van der Waals surface area contributed by atoms with E-state index in [4.69, 9.17) is 4.74 Å². The van der Waals surface area contributed by atoms with Gasteiger partial charge in [0.15, 0.2) is 0 Å². The Labute approximate surface area is 119 Å². The molecule has 0 bridgehead atoms. The number of nitrogens with one attached hydrogen (secondary N) is 1. The van der Waals surface area contributed by atoms with Gasteiger partial charge in [-0.2, -0.15) is 0 Å². The summed E-state index contributed by atoms with van der Waals surface area (Å²) in [7, 11) is 1.54. The summed E-state index contributed by atoms with van der Waals surface area (Å²) in [5.41, 5.74) is 0.311. The molecule has 0 saturated carbocycles. The zero-order chi connectivity index (χ0) is 14.5. The van der Waals surface area contributed by atoms with Crippen LogP contribution in [0.15, 0.2) is 18.2 Å². The largest absolute Gasteiger partial charge is 0.507 e. The number of phenols is 1. The summed E-state index contributed by atoms with van der Waals surface area (Å²) in [6.45, 7) is 4.47. The van der Waals surface area contributed by atoms with E-state index < -0.39 is 0 Å². The van der Waals surface area contributed by atoms with E-state index in [1.54, 1.807) is 24.1 Å². The minimum absolute atomic E-state index is 0.00427. The van der Waals surface area contributed by atoms with Gasteiger partial charge in [0.25, 0.3) is 5.91 Å². The van der Waals surface area contributed by atoms with Gasteiger partial charge in [-0.05, 0) is 37.6 Å². The third-order valence-corrected chi connectivity index (χ3v) is 3.71. The summed E-state index contributed by atoms with van der Waals surface area (Å²) in [6, 6.07) is 5.22. The smallest absolute Gasteiger partial charge is 0.257 e. The first kappa shape index (κ1) is 14.7. The number of hydrogen-bond acceptors (Lipinski definition) is 4. The lowest BCUT2D eigenvalue weighted by Crippen LogP contribution is -2.44. The number of likely N-dealkylation sites (tertiary alicyclic amines) is 1. The van der Waals surface area contributed by atoms with Crippen LogP contribution in [-0.2, 0) is 0 Å². The van der Waals surface area contributed by atoms with E-state index >= 15 is 0 Å². The average molecular weight is 278 g/mol. The van der Waals surface area contributed by atoms with E-state index in [0.717, 1.165) is 19.4 Å². The van der Waals surface area contributed by atoms with E-state index in [1.165, 1.54) is 6.07 Å². The molecule has 0 atom stereocenters. The van der Waals surface area contributed by atoms with E-state index in [9.17, 15) is 9.90 Å². The minimum atomic E-state index is -0.128. The van der Waals surface area contributed by atoms with Crippen LogP contribution in [0.1, 0.15) is 30.1 Å². The van der Waals surface area contributed by atoms with Crippen LogP contribution in [0.5, 0.6) is 11.5 Å². The zero-order valence-electron chi connectivity index (χ0n) is 12.1. The molecule has 110 valence electrons. The SMILES string of the molecule is CCNC1CCN(C(=O)c2cc(OC)ccc2O)CC1. The summed E-state index contributed by atoms with van der Waals surface area (Å²) in [6.07, 6.45) is 1.90. The van der Waals surface area contributed by atoms with Gasteiger partial charge in [-0.25, -0.2) is 0 Å². The number of amides is 1. The highest BCUT2D eigenvalue weighted by Gasteiger charge is 2.25. The molecule has 0 aromatic heterocycles. The van der Waals surface area contributed by atoms with E-state index in [0.29, 0.717) is 30.4 Å². The van der Waals surface area contributed by atoms with Gasteiger partial charge in [0, 0.05) is 19.1 Å². The van der Waals surface area contributed by atoms with Gasteiger partial charge in [-0.15, -0.1) is 0 Å². The summed E-state index contributed by atoms with van der Waals surface area (Å²) in [5.74, 6) is 0.453. The number of benzene rings is 1. The predicted octanol–water partition coefficient (Wildman–Crippen LogP) is 1.61. The molecule has 1 aromatic rings. The predicted molar refractivity (Wildman–Crippen MR) is 77.3 cm³/mol. The number of nitrogens with zero attached hydrogens (tertiary/aromatic N) is 1. The molecule has 1 saturated heterocycles. The highest BCUT2D eigenvalue weighted by Crippen LogP contribution is 2.25. The maximum Gasteiger partial charge on any atom is 0.257 e. The van der Waals surface area contributed by atoms with E-state index in [2.05, 4.69) is 12.2 Å². The molecule has 1 heterocycles. The molecular weight excluding hydrogens is 256 g/mol. The van der Waals surface area contributed by atoms with Crippen molar-refractivity contribution >= 4 is 5.91 Å². The van der Waals surface area contributed by atoms with E-state index in [-0.39, 0.29) is 11.7 Å². The number of methoxy groups -OCH3 is 1. The van der Waals surface area contributed by atoms with Crippen LogP contribution in [0.3, 0.4) is 0 Å². The van der Waals surface area contributed by atoms with Crippen molar-refractivity contribution in [3.8, 4) is 11.5 Å². The Morgan fingerprint density at radius 1 is 1.45 bits per heavy atom. The number of carbonyl (C=O) groups is 1. The van der Waals surface area contributed by atoms with Gasteiger partial charge in [0.1, 0.15) is 11.5 Å². The Morgan fingerprint density at radius 2 is 2.15 bits per heavy atom. The number of piperidine rings is 1. The first-order valence-corrected chi connectivity index (χ1v) is 7.05. The standard InChI is InChI=1S/C15H22N2O3/c1-3-16-11-6-8-17(9-7-11)15(19)13-10-12(20-2)4-5-14(13)18/h4-5,10-11,16,18H,3,6-9H2,1-2H3. The highest BCUT2D eigenvalue weighted by atomic mass is 16.5. The first-order valence-electron chi connectivity index (χ1n) is 7.05. The number of ether oxygens (including phenoxy) is 1. The second-order valence-corrected chi connectivity index (χ2v) is 5.01. The molecule has 2 rings (SSSR count). The van der Waals surface area contributed by atoms with Crippen LogP contribution >= 0.6 is 0 Å². The zero-order valence-corrected chi connectivity index (χ0v) is 12.1. The van der Waals surface area contributed by atoms with Crippen LogP contribution < -0.4 is 10.1 Å². The molecule has 0 unspecified atom stereocenters. The molecule has 0 spiro atoms. The van der Waals surface area contributed by atoms with Crippen LogP contribution in [0.4, 0.5) is 0 Å². The second-order valence-electron chi connectivity index (χ2n) is 5.01. The number of phenolic OH excluding ortho intramolecular Hbond substituents is 1. The topological polar surface area (TPSA) is 61.8 Å². The fourth-order valence-electron chi connectivity index (χ4n) is 2.56. The molecule has 2 N–H and O–H groups in total. The van der Waals surface area contributed by atoms with Crippen molar-refractivity contribution in [3.05, 3.63) is 23.8 Å². The van der Waals surface area contributed by atoms with Gasteiger partial charge in [-0.1, -0.05) is 6.92 Å². The quantitative estimate of drug-likeness (QED) is 0.878. The van der Waals surface area contributed by atoms with Crippen LogP contribution in [-0.4, -0.2) is 48.7 Å². The van der Waals surface area contributed by atoms with Gasteiger partial charge in [-0.3, -0.25) is 4.79 Å². The third kappa shape index (κ3) is 3.22. The normalized spacial score (nSPS) is 16.2. The molecule has 1 aliphatic heterocycles. The number of carbonyl (C=O) groups excluding carboxylic acids is 1. The Balaban J connectivity index is 2.05. The van der Waals surface area contributed by atoms with Crippen LogP contribution in [0.2, 0.25) is 0 Å². The lowest BCUT2D eigenvalue weighted by molar-refractivity contribution is 0.0702. The molecule has 5 nitrogen and oxygen atoms in total. The van der Waals surface area contributed by atoms with Gasteiger partial charge in [0.2, 0.25) is 0 Å². The molecule has 1 amide bonds. The lowest BCUT2D eigenvalue weighted by Gasteiger charge is -2.32. The summed E-state index contributed by atoms with van der Waals surface area (Å²) in [5, 5.41) is 13.3. The summed E-state index contributed by atoms with van der Waals surface area (Å²) >= 11 is 0. The fourth-order valence-corrected chi connectivity index (χ4v) is 2.56. The molecular formula is C15H22N2O3. The molecule has 20 heavy (non-hydrogen) atoms. The third-order valence-electron chi connectivity index (χ3n) is 3.71. The molecule has 5 heteroatoms. The minimum Gasteiger partial charge on any atom is -0.507 e. The Bertz CT molecular complexity index is 468. The Hall–Kier alpha value is -1.75. The van der Waals surface area contributed by atoms with Crippen molar-refractivity contribution in [1.29, 1.82) is 0 Å². The monoisotopic (exact) mass is 278 g/mol. The van der Waals surface area contributed by atoms with Gasteiger partial charge in [0.05, 0.1) is 12.7 Å². The Kier molecular flexibility index (Phi) is 4.84. The number of hydrogen-bond donors (Lipinski definition) is 2. The maximum absolute atomic E-state index is 12.4. The average Bonchev–Trinajstić information content (AvgIpc) is 2.48. The molecule has 1 aliphatic rings. The van der Waals surface area contributed by atoms with Gasteiger partial charge >= 0.3 is 0 Å².